The number of imidazole rings is 1. The van der Waals surface area contributed by atoms with Gasteiger partial charge in [0.25, 0.3) is 0 Å². The van der Waals surface area contributed by atoms with Crippen molar-refractivity contribution in [3.63, 3.8) is 0 Å². The summed E-state index contributed by atoms with van der Waals surface area (Å²) in [5.74, 6) is -0.0806. The van der Waals surface area contributed by atoms with Crippen molar-refractivity contribution < 1.29 is 9.53 Å². The number of fused-ring (bicyclic) bond motifs is 1. The zero-order valence-corrected chi connectivity index (χ0v) is 10.6. The number of aromatic nitrogens is 4. The second-order valence-corrected chi connectivity index (χ2v) is 3.91. The fourth-order valence-corrected chi connectivity index (χ4v) is 1.87. The number of esters is 1. The fraction of sp³-hybridized carbons (Fsp3) is 0.333. The molecule has 0 aliphatic carbocycles. The largest absolute Gasteiger partial charge is 0.465 e. The minimum absolute atomic E-state index is 0.0291. The number of ether oxygens (including phenoxy) is 1. The number of anilines is 1. The van der Waals surface area contributed by atoms with Crippen LogP contribution in [0.25, 0.3) is 11.2 Å². The monoisotopic (exact) mass is 299 g/mol. The molecule has 0 atom stereocenters. The zero-order chi connectivity index (χ0) is 12.4. The maximum atomic E-state index is 11.4. The second kappa shape index (κ2) is 4.66. The van der Waals surface area contributed by atoms with Crippen LogP contribution in [0.2, 0.25) is 0 Å². The molecule has 2 rings (SSSR count). The Kier molecular flexibility index (Phi) is 3.23. The van der Waals surface area contributed by atoms with Gasteiger partial charge in [0.05, 0.1) is 6.61 Å². The van der Waals surface area contributed by atoms with Gasteiger partial charge >= 0.3 is 5.97 Å². The van der Waals surface area contributed by atoms with Gasteiger partial charge in [0.15, 0.2) is 21.7 Å². The Hall–Kier alpha value is -1.70. The van der Waals surface area contributed by atoms with Gasteiger partial charge in [0, 0.05) is 0 Å². The van der Waals surface area contributed by atoms with Crippen molar-refractivity contribution >= 4 is 38.9 Å². The standard InChI is InChI=1S/C9H10BrN5O2/c1-2-17-5(16)3-15-8-6(14-9(15)10)7(11)12-4-13-8/h4H,2-3H2,1H3,(H2,11,12,13). The van der Waals surface area contributed by atoms with Crippen molar-refractivity contribution in [3.8, 4) is 0 Å². The lowest BCUT2D eigenvalue weighted by molar-refractivity contribution is -0.143. The summed E-state index contributed by atoms with van der Waals surface area (Å²) >= 11 is 3.24. The molecular formula is C9H10BrN5O2. The van der Waals surface area contributed by atoms with Gasteiger partial charge in [-0.3, -0.25) is 9.36 Å². The van der Waals surface area contributed by atoms with Crippen LogP contribution in [0.15, 0.2) is 11.1 Å². The number of hydrogen-bond donors (Lipinski definition) is 1. The van der Waals surface area contributed by atoms with Crippen LogP contribution < -0.4 is 5.73 Å². The van der Waals surface area contributed by atoms with Crippen LogP contribution in [0.3, 0.4) is 0 Å². The number of halogens is 1. The van der Waals surface area contributed by atoms with Crippen LogP contribution >= 0.6 is 15.9 Å². The molecule has 0 aliphatic heterocycles. The highest BCUT2D eigenvalue weighted by atomic mass is 79.9. The highest BCUT2D eigenvalue weighted by Crippen LogP contribution is 2.21. The van der Waals surface area contributed by atoms with E-state index < -0.39 is 0 Å². The molecule has 2 N–H and O–H groups in total. The van der Waals surface area contributed by atoms with Gasteiger partial charge in [-0.1, -0.05) is 0 Å². The van der Waals surface area contributed by atoms with Crippen molar-refractivity contribution in [2.24, 2.45) is 0 Å². The summed E-state index contributed by atoms with van der Waals surface area (Å²) in [6.45, 7) is 2.11. The van der Waals surface area contributed by atoms with Gasteiger partial charge < -0.3 is 10.5 Å². The molecule has 8 heteroatoms. The van der Waals surface area contributed by atoms with Crippen LogP contribution in [0.1, 0.15) is 6.92 Å². The summed E-state index contributed by atoms with van der Waals surface area (Å²) in [5.41, 5.74) is 6.62. The maximum absolute atomic E-state index is 11.4. The molecule has 0 amide bonds. The van der Waals surface area contributed by atoms with E-state index in [4.69, 9.17) is 10.5 Å². The predicted molar refractivity (Wildman–Crippen MR) is 64.1 cm³/mol. The minimum Gasteiger partial charge on any atom is -0.465 e. The van der Waals surface area contributed by atoms with Crippen molar-refractivity contribution in [1.29, 1.82) is 0 Å². The van der Waals surface area contributed by atoms with E-state index in [9.17, 15) is 4.79 Å². The van der Waals surface area contributed by atoms with E-state index in [0.717, 1.165) is 0 Å². The number of rotatable bonds is 3. The van der Waals surface area contributed by atoms with Gasteiger partial charge in [0.1, 0.15) is 12.9 Å². The van der Waals surface area contributed by atoms with Crippen LogP contribution in [0.4, 0.5) is 5.82 Å². The average molecular weight is 300 g/mol. The van der Waals surface area contributed by atoms with E-state index in [1.54, 1.807) is 11.5 Å². The number of carbonyl (C=O) groups excluding carboxylic acids is 1. The first-order valence-corrected chi connectivity index (χ1v) is 5.70. The van der Waals surface area contributed by atoms with E-state index in [-0.39, 0.29) is 18.3 Å². The van der Waals surface area contributed by atoms with Gasteiger partial charge in [-0.2, -0.15) is 0 Å². The Bertz CT molecular complexity index is 568. The lowest BCUT2D eigenvalue weighted by Crippen LogP contribution is -2.14. The first-order chi connectivity index (χ1) is 8.13. The molecule has 90 valence electrons. The number of carbonyl (C=O) groups is 1. The van der Waals surface area contributed by atoms with Gasteiger partial charge in [-0.25, -0.2) is 15.0 Å². The summed E-state index contributed by atoms with van der Waals surface area (Å²) in [5, 5.41) is 0. The Morgan fingerprint density at radius 2 is 2.35 bits per heavy atom. The molecule has 0 aliphatic rings. The minimum atomic E-state index is -0.357. The Labute approximate surface area is 105 Å². The number of hydrogen-bond acceptors (Lipinski definition) is 6. The molecule has 0 spiro atoms. The van der Waals surface area contributed by atoms with E-state index in [1.165, 1.54) is 6.33 Å². The molecule has 0 unspecified atom stereocenters. The second-order valence-electron chi connectivity index (χ2n) is 3.20. The molecule has 0 bridgehead atoms. The third-order valence-corrected chi connectivity index (χ3v) is 2.71. The molecule has 2 aromatic heterocycles. The van der Waals surface area contributed by atoms with E-state index in [1.807, 2.05) is 0 Å². The van der Waals surface area contributed by atoms with E-state index in [0.29, 0.717) is 22.5 Å². The molecule has 0 saturated heterocycles. The molecule has 0 radical (unpaired) electrons. The SMILES string of the molecule is CCOC(=O)Cn1c(Br)nc2c(N)ncnc21. The fourth-order valence-electron chi connectivity index (χ4n) is 1.40. The lowest BCUT2D eigenvalue weighted by Gasteiger charge is -2.04. The lowest BCUT2D eigenvalue weighted by atomic mass is 10.5. The number of nitrogen functional groups attached to an aromatic ring is 1. The number of nitrogens with zero attached hydrogens (tertiary/aromatic N) is 4. The average Bonchev–Trinajstić information content (AvgIpc) is 2.58. The highest BCUT2D eigenvalue weighted by Gasteiger charge is 2.15. The van der Waals surface area contributed by atoms with Crippen LogP contribution in [-0.4, -0.2) is 32.1 Å². The van der Waals surface area contributed by atoms with Gasteiger partial charge in [0.2, 0.25) is 0 Å². The van der Waals surface area contributed by atoms with Crippen LogP contribution in [0, 0.1) is 0 Å². The molecule has 0 fully saturated rings. The van der Waals surface area contributed by atoms with Crippen LogP contribution in [-0.2, 0) is 16.1 Å². The third-order valence-electron chi connectivity index (χ3n) is 2.11. The van der Waals surface area contributed by atoms with Crippen molar-refractivity contribution in [2.45, 2.75) is 13.5 Å². The number of nitrogens with two attached hydrogens (primary N) is 1. The van der Waals surface area contributed by atoms with Gasteiger partial charge in [-0.15, -0.1) is 0 Å². The quantitative estimate of drug-likeness (QED) is 0.663. The molecule has 7 nitrogen and oxygen atoms in total. The maximum Gasteiger partial charge on any atom is 0.326 e. The third kappa shape index (κ3) is 2.21. The molecule has 0 saturated carbocycles. The Morgan fingerprint density at radius 1 is 1.59 bits per heavy atom. The summed E-state index contributed by atoms with van der Waals surface area (Å²) in [6, 6.07) is 0. The Morgan fingerprint density at radius 3 is 3.06 bits per heavy atom. The van der Waals surface area contributed by atoms with Crippen molar-refractivity contribution in [1.82, 2.24) is 19.5 Å². The van der Waals surface area contributed by atoms with E-state index >= 15 is 0 Å². The van der Waals surface area contributed by atoms with Crippen molar-refractivity contribution in [3.05, 3.63) is 11.1 Å². The van der Waals surface area contributed by atoms with Gasteiger partial charge in [-0.05, 0) is 22.9 Å². The summed E-state index contributed by atoms with van der Waals surface area (Å²) in [6.07, 6.45) is 1.33. The smallest absolute Gasteiger partial charge is 0.326 e. The molecule has 17 heavy (non-hydrogen) atoms. The highest BCUT2D eigenvalue weighted by molar-refractivity contribution is 9.10. The molecule has 0 aromatic carbocycles. The van der Waals surface area contributed by atoms with Crippen LogP contribution in [0.5, 0.6) is 0 Å². The molecule has 2 heterocycles. The molecule has 2 aromatic rings. The molecular weight excluding hydrogens is 290 g/mol. The Balaban J connectivity index is 2.43. The topological polar surface area (TPSA) is 95.9 Å². The summed E-state index contributed by atoms with van der Waals surface area (Å²) in [4.78, 5) is 23.5. The van der Waals surface area contributed by atoms with Crippen molar-refractivity contribution in [2.75, 3.05) is 12.3 Å². The summed E-state index contributed by atoms with van der Waals surface area (Å²) < 4.78 is 6.91. The van der Waals surface area contributed by atoms with E-state index in [2.05, 4.69) is 30.9 Å². The zero-order valence-electron chi connectivity index (χ0n) is 9.05. The first-order valence-electron chi connectivity index (χ1n) is 4.91. The summed E-state index contributed by atoms with van der Waals surface area (Å²) in [7, 11) is 0. The first kappa shape index (κ1) is 11.8. The predicted octanol–water partition coefficient (Wildman–Crippen LogP) is 0.734. The normalized spacial score (nSPS) is 10.7.